The third kappa shape index (κ3) is 6.37. The molecule has 1 heterocycles. The van der Waals surface area contributed by atoms with Crippen molar-refractivity contribution in [1.82, 2.24) is 16.0 Å². The highest BCUT2D eigenvalue weighted by Gasteiger charge is 2.17. The summed E-state index contributed by atoms with van der Waals surface area (Å²) in [4.78, 5) is 24.2. The van der Waals surface area contributed by atoms with Crippen molar-refractivity contribution in [2.24, 2.45) is 5.92 Å². The fraction of sp³-hybridized carbons (Fsp3) is 0.529. The Bertz CT molecular complexity index is 545. The minimum absolute atomic E-state index is 0. The first kappa shape index (κ1) is 20.3. The molecule has 1 aromatic carbocycles. The van der Waals surface area contributed by atoms with Crippen LogP contribution in [-0.4, -0.2) is 37.6 Å². The van der Waals surface area contributed by atoms with E-state index in [1.165, 1.54) is 0 Å². The molecule has 24 heavy (non-hydrogen) atoms. The van der Waals surface area contributed by atoms with Crippen LogP contribution in [0.2, 0.25) is 0 Å². The molecule has 1 atom stereocenters. The predicted molar refractivity (Wildman–Crippen MR) is 98.9 cm³/mol. The third-order valence-electron chi connectivity index (χ3n) is 3.79. The number of hydrogen-bond donors (Lipinski definition) is 4. The molecular weight excluding hydrogens is 328 g/mol. The standard InChI is InChI=1S/C17H26N4O2.ClH/c1-12(2)20-17(23)21-15-8-4-3-7-14(15)16(22)19-11-13-6-5-9-18-10-13;/h3-4,7-8,12-13,18H,5-6,9-11H2,1-2H3,(H,19,22)(H2,20,21,23);1H. The SMILES string of the molecule is CC(C)NC(=O)Nc1ccccc1C(=O)NCC1CCCNC1.Cl. The van der Waals surface area contributed by atoms with E-state index in [1.807, 2.05) is 13.8 Å². The van der Waals surface area contributed by atoms with Crippen molar-refractivity contribution in [3.63, 3.8) is 0 Å². The van der Waals surface area contributed by atoms with Gasteiger partial charge in [0.25, 0.3) is 5.91 Å². The van der Waals surface area contributed by atoms with E-state index in [-0.39, 0.29) is 30.4 Å². The molecule has 1 aliphatic rings. The molecule has 7 heteroatoms. The second-order valence-electron chi connectivity index (χ2n) is 6.22. The predicted octanol–water partition coefficient (Wildman–Crippen LogP) is 2.37. The fourth-order valence-corrected chi connectivity index (χ4v) is 2.64. The van der Waals surface area contributed by atoms with Gasteiger partial charge in [-0.3, -0.25) is 4.79 Å². The summed E-state index contributed by atoms with van der Waals surface area (Å²) in [6, 6.07) is 6.78. The first-order valence-electron chi connectivity index (χ1n) is 8.21. The lowest BCUT2D eigenvalue weighted by atomic mass is 9.99. The van der Waals surface area contributed by atoms with E-state index >= 15 is 0 Å². The summed E-state index contributed by atoms with van der Waals surface area (Å²) < 4.78 is 0. The van der Waals surface area contributed by atoms with Gasteiger partial charge >= 0.3 is 6.03 Å². The molecule has 3 amide bonds. The lowest BCUT2D eigenvalue weighted by Gasteiger charge is -2.23. The number of hydrogen-bond acceptors (Lipinski definition) is 3. The van der Waals surface area contributed by atoms with E-state index in [9.17, 15) is 9.59 Å². The van der Waals surface area contributed by atoms with Crippen molar-refractivity contribution >= 4 is 30.0 Å². The Morgan fingerprint density at radius 3 is 2.71 bits per heavy atom. The average Bonchev–Trinajstić information content (AvgIpc) is 2.53. The summed E-state index contributed by atoms with van der Waals surface area (Å²) in [7, 11) is 0. The number of carbonyl (C=O) groups excluding carboxylic acids is 2. The van der Waals surface area contributed by atoms with E-state index in [0.717, 1.165) is 25.9 Å². The Hall–Kier alpha value is -1.79. The number of nitrogens with one attached hydrogen (secondary N) is 4. The zero-order valence-electron chi connectivity index (χ0n) is 14.2. The van der Waals surface area contributed by atoms with Crippen LogP contribution in [0.1, 0.15) is 37.0 Å². The molecule has 1 aliphatic heterocycles. The number of piperidine rings is 1. The summed E-state index contributed by atoms with van der Waals surface area (Å²) in [5, 5.41) is 11.8. The average molecular weight is 355 g/mol. The van der Waals surface area contributed by atoms with E-state index in [0.29, 0.717) is 23.7 Å². The molecule has 0 saturated carbocycles. The maximum Gasteiger partial charge on any atom is 0.319 e. The summed E-state index contributed by atoms with van der Waals surface area (Å²) in [5.41, 5.74) is 1.00. The van der Waals surface area contributed by atoms with Gasteiger partial charge in [-0.2, -0.15) is 0 Å². The molecular formula is C17H27ClN4O2. The second-order valence-corrected chi connectivity index (χ2v) is 6.22. The van der Waals surface area contributed by atoms with Gasteiger partial charge in [0.2, 0.25) is 0 Å². The number of benzene rings is 1. The molecule has 1 fully saturated rings. The van der Waals surface area contributed by atoms with Crippen LogP contribution in [0, 0.1) is 5.92 Å². The molecule has 1 unspecified atom stereocenters. The zero-order chi connectivity index (χ0) is 16.7. The molecule has 2 rings (SSSR count). The second kappa shape index (κ2) is 10.2. The highest BCUT2D eigenvalue weighted by molar-refractivity contribution is 6.03. The van der Waals surface area contributed by atoms with Gasteiger partial charge in [-0.1, -0.05) is 12.1 Å². The Labute approximate surface area is 149 Å². The molecule has 1 saturated heterocycles. The van der Waals surface area contributed by atoms with E-state index < -0.39 is 0 Å². The number of anilines is 1. The van der Waals surface area contributed by atoms with Crippen LogP contribution in [0.4, 0.5) is 10.5 Å². The van der Waals surface area contributed by atoms with Gasteiger partial charge in [0.15, 0.2) is 0 Å². The minimum atomic E-state index is -0.309. The van der Waals surface area contributed by atoms with Crippen molar-refractivity contribution in [2.75, 3.05) is 25.0 Å². The molecule has 134 valence electrons. The molecule has 6 nitrogen and oxygen atoms in total. The molecule has 0 bridgehead atoms. The van der Waals surface area contributed by atoms with Gasteiger partial charge in [-0.15, -0.1) is 12.4 Å². The molecule has 0 aliphatic carbocycles. The first-order chi connectivity index (χ1) is 11.1. The summed E-state index contributed by atoms with van der Waals surface area (Å²) in [5.74, 6) is 0.313. The minimum Gasteiger partial charge on any atom is -0.352 e. The van der Waals surface area contributed by atoms with Crippen molar-refractivity contribution in [3.05, 3.63) is 29.8 Å². The topological polar surface area (TPSA) is 82.3 Å². The highest BCUT2D eigenvalue weighted by Crippen LogP contribution is 2.15. The van der Waals surface area contributed by atoms with Crippen molar-refractivity contribution in [2.45, 2.75) is 32.7 Å². The maximum atomic E-state index is 12.4. The van der Waals surface area contributed by atoms with Crippen LogP contribution in [0.3, 0.4) is 0 Å². The number of rotatable bonds is 5. The number of amides is 3. The lowest BCUT2D eigenvalue weighted by molar-refractivity contribution is 0.0945. The van der Waals surface area contributed by atoms with Gasteiger partial charge in [0, 0.05) is 12.6 Å². The van der Waals surface area contributed by atoms with Gasteiger partial charge in [-0.05, 0) is 57.8 Å². The molecule has 0 radical (unpaired) electrons. The molecule has 1 aromatic rings. The van der Waals surface area contributed by atoms with Gasteiger partial charge in [0.1, 0.15) is 0 Å². The maximum absolute atomic E-state index is 12.4. The normalized spacial score (nSPS) is 16.9. The third-order valence-corrected chi connectivity index (χ3v) is 3.79. The van der Waals surface area contributed by atoms with Crippen LogP contribution in [0.25, 0.3) is 0 Å². The largest absolute Gasteiger partial charge is 0.352 e. The zero-order valence-corrected chi connectivity index (χ0v) is 15.0. The van der Waals surface area contributed by atoms with Crippen molar-refractivity contribution in [3.8, 4) is 0 Å². The number of para-hydroxylation sites is 1. The Balaban J connectivity index is 0.00000288. The number of halogens is 1. The number of urea groups is 1. The van der Waals surface area contributed by atoms with Crippen molar-refractivity contribution < 1.29 is 9.59 Å². The van der Waals surface area contributed by atoms with Gasteiger partial charge in [-0.25, -0.2) is 4.79 Å². The number of carbonyl (C=O) groups is 2. The van der Waals surface area contributed by atoms with E-state index in [1.54, 1.807) is 24.3 Å². The van der Waals surface area contributed by atoms with Crippen molar-refractivity contribution in [1.29, 1.82) is 0 Å². The Morgan fingerprint density at radius 2 is 2.04 bits per heavy atom. The van der Waals surface area contributed by atoms with Gasteiger partial charge in [0.05, 0.1) is 11.3 Å². The quantitative estimate of drug-likeness (QED) is 0.655. The Morgan fingerprint density at radius 1 is 1.29 bits per heavy atom. The first-order valence-corrected chi connectivity index (χ1v) is 8.21. The summed E-state index contributed by atoms with van der Waals surface area (Å²) in [6.07, 6.45) is 2.28. The highest BCUT2D eigenvalue weighted by atomic mass is 35.5. The smallest absolute Gasteiger partial charge is 0.319 e. The Kier molecular flexibility index (Phi) is 8.57. The lowest BCUT2D eigenvalue weighted by Crippen LogP contribution is -2.38. The fourth-order valence-electron chi connectivity index (χ4n) is 2.64. The van der Waals surface area contributed by atoms with Gasteiger partial charge < -0.3 is 21.3 Å². The van der Waals surface area contributed by atoms with Crippen LogP contribution >= 0.6 is 12.4 Å². The monoisotopic (exact) mass is 354 g/mol. The van der Waals surface area contributed by atoms with E-state index in [2.05, 4.69) is 21.3 Å². The van der Waals surface area contributed by atoms with Crippen LogP contribution < -0.4 is 21.3 Å². The van der Waals surface area contributed by atoms with E-state index in [4.69, 9.17) is 0 Å². The van der Waals surface area contributed by atoms with Crippen LogP contribution in [0.5, 0.6) is 0 Å². The molecule has 4 N–H and O–H groups in total. The summed E-state index contributed by atoms with van der Waals surface area (Å²) in [6.45, 7) is 6.42. The summed E-state index contributed by atoms with van der Waals surface area (Å²) >= 11 is 0. The van der Waals surface area contributed by atoms with Crippen LogP contribution in [-0.2, 0) is 0 Å². The molecule has 0 aromatic heterocycles. The molecule has 0 spiro atoms. The van der Waals surface area contributed by atoms with Crippen LogP contribution in [0.15, 0.2) is 24.3 Å².